The molecule has 0 atom stereocenters. The number of hydrogen-bond acceptors (Lipinski definition) is 8. The molecule has 0 unspecified atom stereocenters. The van der Waals surface area contributed by atoms with E-state index < -0.39 is 23.3 Å². The molecule has 5 heterocycles. The molecule has 2 aliphatic rings. The fourth-order valence-corrected chi connectivity index (χ4v) is 8.71. The lowest BCUT2D eigenvalue weighted by atomic mass is 9.86. The minimum Gasteiger partial charge on any atom is -0.378 e. The molecule has 344 valence electrons. The third-order valence-electron chi connectivity index (χ3n) is 12.3. The predicted octanol–water partition coefficient (Wildman–Crippen LogP) is 13.0. The average molecular weight is 920 g/mol. The van der Waals surface area contributed by atoms with Crippen molar-refractivity contribution < 1.29 is 27.0 Å². The molecule has 0 bridgehead atoms. The number of nitrogens with one attached hydrogen (secondary N) is 1. The zero-order valence-electron chi connectivity index (χ0n) is 38.7. The number of hydrogen-bond donors (Lipinski definition) is 1. The molecule has 2 saturated heterocycles. The molecule has 0 radical (unpaired) electrons. The van der Waals surface area contributed by atoms with Gasteiger partial charge in [-0.15, -0.1) is 0 Å². The summed E-state index contributed by atoms with van der Waals surface area (Å²) in [6, 6.07) is 22.6. The Morgan fingerprint density at radius 1 is 0.591 bits per heavy atom. The lowest BCUT2D eigenvalue weighted by molar-refractivity contribution is 0.122. The molecular weight excluding hydrogens is 864 g/mol. The standard InChI is InChI=1S/C33H37F2N5O2.C20H18ClF2N/c1-21-30(22-5-7-23(8-6-22)33(2,3)4)37-27-18-24(34)17-26(35)29(27)31(21)38-28-19-25(39-9-13-41-14-10-39)20-36-32(28)40-11-15-42-16-12-40;1-11-18(21)17-15(23)9-14(22)10-16(17)24-19(11)12-5-7-13(8-6-12)20(2,3)4/h5-8,17-20H,9-16H2,1-4H3,(H,37,38);5-10H,1-4H3. The number of benzene rings is 4. The highest BCUT2D eigenvalue weighted by atomic mass is 35.5. The van der Waals surface area contributed by atoms with E-state index in [1.54, 1.807) is 6.92 Å². The molecule has 0 aliphatic carbocycles. The van der Waals surface area contributed by atoms with Gasteiger partial charge in [-0.05, 0) is 53.0 Å². The van der Waals surface area contributed by atoms with Gasteiger partial charge in [0.1, 0.15) is 23.3 Å². The van der Waals surface area contributed by atoms with E-state index in [1.807, 2.05) is 49.5 Å². The SMILES string of the molecule is Cc1c(-c2ccc(C(C)(C)C)cc2)nc2cc(F)cc(F)c2c1Cl.Cc1c(-c2ccc(C(C)(C)C)cc2)nc2cc(F)cc(F)c2c1Nc1cc(N2CCOCC2)cnc1N1CCOCC1. The van der Waals surface area contributed by atoms with Crippen molar-refractivity contribution in [3.05, 3.63) is 136 Å². The second-order valence-corrected chi connectivity index (χ2v) is 19.3. The van der Waals surface area contributed by atoms with Crippen LogP contribution in [0.25, 0.3) is 44.3 Å². The summed E-state index contributed by atoms with van der Waals surface area (Å²) in [4.78, 5) is 18.5. The summed E-state index contributed by atoms with van der Waals surface area (Å²) in [7, 11) is 0. The number of aromatic nitrogens is 3. The number of anilines is 4. The van der Waals surface area contributed by atoms with Crippen molar-refractivity contribution in [1.82, 2.24) is 15.0 Å². The van der Waals surface area contributed by atoms with Crippen molar-refractivity contribution in [2.24, 2.45) is 0 Å². The molecule has 3 aromatic heterocycles. The maximum Gasteiger partial charge on any atom is 0.152 e. The van der Waals surface area contributed by atoms with Crippen LogP contribution in [0.2, 0.25) is 5.02 Å². The first kappa shape index (κ1) is 46.7. The number of morpholine rings is 2. The van der Waals surface area contributed by atoms with Crippen molar-refractivity contribution in [1.29, 1.82) is 0 Å². The first-order chi connectivity index (χ1) is 31.4. The molecule has 2 fully saturated rings. The second kappa shape index (κ2) is 18.8. The highest BCUT2D eigenvalue weighted by molar-refractivity contribution is 6.36. The van der Waals surface area contributed by atoms with E-state index in [2.05, 4.69) is 79.8 Å². The summed E-state index contributed by atoms with van der Waals surface area (Å²) in [6.45, 7) is 22.1. The first-order valence-corrected chi connectivity index (χ1v) is 22.6. The first-order valence-electron chi connectivity index (χ1n) is 22.3. The lowest BCUT2D eigenvalue weighted by Crippen LogP contribution is -2.38. The van der Waals surface area contributed by atoms with Gasteiger partial charge in [-0.1, -0.05) is 102 Å². The Morgan fingerprint density at radius 3 is 1.55 bits per heavy atom. The lowest BCUT2D eigenvalue weighted by Gasteiger charge is -2.32. The van der Waals surface area contributed by atoms with Crippen LogP contribution in [0.15, 0.2) is 85.1 Å². The second-order valence-electron chi connectivity index (χ2n) is 19.0. The molecule has 13 heteroatoms. The van der Waals surface area contributed by atoms with E-state index in [0.29, 0.717) is 62.2 Å². The molecular formula is C53H55ClF4N6O2. The van der Waals surface area contributed by atoms with Crippen LogP contribution in [0, 0.1) is 37.1 Å². The third-order valence-corrected chi connectivity index (χ3v) is 12.7. The summed E-state index contributed by atoms with van der Waals surface area (Å²) in [5, 5.41) is 4.23. The molecule has 2 aliphatic heterocycles. The van der Waals surface area contributed by atoms with Gasteiger partial charge in [0, 0.05) is 61.6 Å². The molecule has 66 heavy (non-hydrogen) atoms. The number of rotatable bonds is 6. The van der Waals surface area contributed by atoms with Gasteiger partial charge in [0.25, 0.3) is 0 Å². The van der Waals surface area contributed by atoms with Gasteiger partial charge in [-0.3, -0.25) is 0 Å². The van der Waals surface area contributed by atoms with Gasteiger partial charge in [-0.25, -0.2) is 32.5 Å². The molecule has 9 rings (SSSR count). The minimum atomic E-state index is -0.694. The van der Waals surface area contributed by atoms with Crippen LogP contribution in [-0.2, 0) is 20.3 Å². The normalized spacial score (nSPS) is 14.7. The van der Waals surface area contributed by atoms with Crippen LogP contribution >= 0.6 is 11.6 Å². The number of ether oxygens (including phenoxy) is 2. The van der Waals surface area contributed by atoms with E-state index in [0.717, 1.165) is 59.1 Å². The van der Waals surface area contributed by atoms with Gasteiger partial charge < -0.3 is 24.6 Å². The quantitative estimate of drug-likeness (QED) is 0.165. The smallest absolute Gasteiger partial charge is 0.152 e. The van der Waals surface area contributed by atoms with Crippen LogP contribution in [-0.4, -0.2) is 67.6 Å². The van der Waals surface area contributed by atoms with Crippen molar-refractivity contribution >= 4 is 56.3 Å². The zero-order chi connectivity index (χ0) is 47.1. The topological polar surface area (TPSA) is 75.6 Å². The van der Waals surface area contributed by atoms with Crippen molar-refractivity contribution in [3.63, 3.8) is 0 Å². The Morgan fingerprint density at radius 2 is 1.05 bits per heavy atom. The summed E-state index contributed by atoms with van der Waals surface area (Å²) in [5.41, 5.74) is 9.66. The molecule has 8 nitrogen and oxygen atoms in total. The minimum absolute atomic E-state index is 0.00223. The Labute approximate surface area is 389 Å². The van der Waals surface area contributed by atoms with Crippen LogP contribution < -0.4 is 15.1 Å². The van der Waals surface area contributed by atoms with Crippen LogP contribution in [0.1, 0.15) is 63.8 Å². The maximum atomic E-state index is 15.5. The highest BCUT2D eigenvalue weighted by Gasteiger charge is 2.24. The van der Waals surface area contributed by atoms with Gasteiger partial charge in [-0.2, -0.15) is 0 Å². The number of nitrogens with zero attached hydrogens (tertiary/aromatic N) is 5. The van der Waals surface area contributed by atoms with E-state index in [1.165, 1.54) is 23.3 Å². The van der Waals surface area contributed by atoms with Crippen LogP contribution in [0.3, 0.4) is 0 Å². The van der Waals surface area contributed by atoms with Gasteiger partial charge in [0.05, 0.1) is 87.9 Å². The molecule has 0 spiro atoms. The van der Waals surface area contributed by atoms with Gasteiger partial charge >= 0.3 is 0 Å². The number of halogens is 5. The Kier molecular flexibility index (Phi) is 13.3. The van der Waals surface area contributed by atoms with Gasteiger partial charge in [0.2, 0.25) is 0 Å². The molecule has 1 N–H and O–H groups in total. The largest absolute Gasteiger partial charge is 0.378 e. The van der Waals surface area contributed by atoms with Crippen LogP contribution in [0.5, 0.6) is 0 Å². The van der Waals surface area contributed by atoms with E-state index in [-0.39, 0.29) is 37.7 Å². The van der Waals surface area contributed by atoms with E-state index in [4.69, 9.17) is 31.0 Å². The summed E-state index contributed by atoms with van der Waals surface area (Å²) in [5.74, 6) is -1.93. The predicted molar refractivity (Wildman–Crippen MR) is 260 cm³/mol. The summed E-state index contributed by atoms with van der Waals surface area (Å²) in [6.07, 6.45) is 1.89. The summed E-state index contributed by atoms with van der Waals surface area (Å²) < 4.78 is 68.8. The third kappa shape index (κ3) is 9.82. The maximum absolute atomic E-state index is 15.5. The van der Waals surface area contributed by atoms with E-state index in [9.17, 15) is 13.2 Å². The van der Waals surface area contributed by atoms with Gasteiger partial charge in [0.15, 0.2) is 5.82 Å². The average Bonchev–Trinajstić information content (AvgIpc) is 3.28. The molecule has 4 aromatic carbocycles. The van der Waals surface area contributed by atoms with Crippen LogP contribution in [0.4, 0.5) is 40.4 Å². The molecule has 0 saturated carbocycles. The van der Waals surface area contributed by atoms with Crippen molar-refractivity contribution in [2.45, 2.75) is 66.2 Å². The highest BCUT2D eigenvalue weighted by Crippen LogP contribution is 2.41. The molecule has 7 aromatic rings. The monoisotopic (exact) mass is 918 g/mol. The fraction of sp³-hybridized carbons (Fsp3) is 0.340. The number of pyridine rings is 3. The van der Waals surface area contributed by atoms with Crippen molar-refractivity contribution in [2.75, 3.05) is 67.7 Å². The van der Waals surface area contributed by atoms with Crippen molar-refractivity contribution in [3.8, 4) is 22.5 Å². The Bertz CT molecular complexity index is 2900. The zero-order valence-corrected chi connectivity index (χ0v) is 39.4. The fourth-order valence-electron chi connectivity index (χ4n) is 8.44. The Hall–Kier alpha value is -5.82. The summed E-state index contributed by atoms with van der Waals surface area (Å²) >= 11 is 6.34. The van der Waals surface area contributed by atoms with E-state index >= 15 is 4.39 Å². The Balaban J connectivity index is 0.000000209. The molecule has 0 amide bonds. The number of fused-ring (bicyclic) bond motifs is 2.